The van der Waals surface area contributed by atoms with Gasteiger partial charge >= 0.3 is 0 Å². The van der Waals surface area contributed by atoms with Crippen LogP contribution in [0.3, 0.4) is 0 Å². The largest absolute Gasteiger partial charge is 0.493 e. The summed E-state index contributed by atoms with van der Waals surface area (Å²) in [5.41, 5.74) is 0.770. The molecular formula is C19H26N4O3. The minimum atomic E-state index is -0.268. The number of hydrogen-bond acceptors (Lipinski definition) is 6. The van der Waals surface area contributed by atoms with Crippen LogP contribution in [0.2, 0.25) is 0 Å². The van der Waals surface area contributed by atoms with E-state index in [9.17, 15) is 10.1 Å². The van der Waals surface area contributed by atoms with Crippen LogP contribution in [0.1, 0.15) is 12.8 Å². The second-order valence-electron chi connectivity index (χ2n) is 6.33. The van der Waals surface area contributed by atoms with Gasteiger partial charge in [-0.3, -0.25) is 4.79 Å². The van der Waals surface area contributed by atoms with Crippen molar-refractivity contribution in [2.45, 2.75) is 18.9 Å². The molecule has 1 aliphatic heterocycles. The van der Waals surface area contributed by atoms with Gasteiger partial charge in [-0.1, -0.05) is 0 Å². The van der Waals surface area contributed by atoms with Crippen LogP contribution in [0.5, 0.6) is 11.5 Å². The molecule has 0 bridgehead atoms. The Hall–Kier alpha value is -2.72. The van der Waals surface area contributed by atoms with Crippen molar-refractivity contribution in [3.05, 3.63) is 30.0 Å². The fourth-order valence-corrected chi connectivity index (χ4v) is 2.96. The van der Waals surface area contributed by atoms with E-state index in [0.29, 0.717) is 17.2 Å². The van der Waals surface area contributed by atoms with E-state index in [1.165, 1.54) is 6.20 Å². The normalized spacial score (nSPS) is 15.9. The number of carbonyl (C=O) groups excluding carboxylic acids is 1. The standard InChI is InChI=1S/C19H26N4O3/c1-22-9-7-16(8-10-22)23(2)19(24)14(12-20)13-21-15-5-6-17(25-3)18(11-15)26-4/h5-6,11,13,16,21H,7-10H2,1-4H3/b14-13-. The van der Waals surface area contributed by atoms with E-state index in [1.54, 1.807) is 44.4 Å². The van der Waals surface area contributed by atoms with Crippen molar-refractivity contribution in [1.82, 2.24) is 9.80 Å². The second-order valence-corrected chi connectivity index (χ2v) is 6.33. The highest BCUT2D eigenvalue weighted by Crippen LogP contribution is 2.29. The Bertz CT molecular complexity index is 703. The molecule has 0 aliphatic carbocycles. The van der Waals surface area contributed by atoms with Gasteiger partial charge in [0.2, 0.25) is 0 Å². The summed E-state index contributed by atoms with van der Waals surface area (Å²) in [4.78, 5) is 16.6. The molecule has 1 heterocycles. The molecule has 140 valence electrons. The second kappa shape index (κ2) is 9.11. The van der Waals surface area contributed by atoms with Gasteiger partial charge in [0.05, 0.1) is 14.2 Å². The number of rotatable bonds is 6. The molecule has 26 heavy (non-hydrogen) atoms. The molecule has 1 fully saturated rings. The number of carbonyl (C=O) groups is 1. The van der Waals surface area contributed by atoms with Crippen LogP contribution in [0.15, 0.2) is 30.0 Å². The van der Waals surface area contributed by atoms with Gasteiger partial charge in [-0.15, -0.1) is 0 Å². The molecule has 0 spiro atoms. The third-order valence-electron chi connectivity index (χ3n) is 4.67. The van der Waals surface area contributed by atoms with Crippen LogP contribution in [0, 0.1) is 11.3 Å². The van der Waals surface area contributed by atoms with Crippen molar-refractivity contribution < 1.29 is 14.3 Å². The zero-order valence-electron chi connectivity index (χ0n) is 15.8. The molecule has 7 nitrogen and oxygen atoms in total. The molecule has 0 aromatic heterocycles. The van der Waals surface area contributed by atoms with Gasteiger partial charge in [-0.05, 0) is 45.1 Å². The Balaban J connectivity index is 2.07. The SMILES string of the molecule is COc1ccc(N/C=C(/C#N)C(=O)N(C)C2CCN(C)CC2)cc1OC. The third-order valence-corrected chi connectivity index (χ3v) is 4.67. The highest BCUT2D eigenvalue weighted by atomic mass is 16.5. The Morgan fingerprint density at radius 2 is 1.96 bits per heavy atom. The molecule has 1 aromatic rings. The summed E-state index contributed by atoms with van der Waals surface area (Å²) in [7, 11) is 6.96. The highest BCUT2D eigenvalue weighted by molar-refractivity contribution is 5.97. The first-order valence-corrected chi connectivity index (χ1v) is 8.54. The van der Waals surface area contributed by atoms with Crippen LogP contribution < -0.4 is 14.8 Å². The fourth-order valence-electron chi connectivity index (χ4n) is 2.96. The van der Waals surface area contributed by atoms with Gasteiger partial charge in [-0.25, -0.2) is 0 Å². The van der Waals surface area contributed by atoms with Gasteiger partial charge in [0.1, 0.15) is 11.6 Å². The average molecular weight is 358 g/mol. The molecule has 0 saturated carbocycles. The lowest BCUT2D eigenvalue weighted by molar-refractivity contribution is -0.128. The smallest absolute Gasteiger partial charge is 0.266 e. The number of benzene rings is 1. The van der Waals surface area contributed by atoms with Crippen molar-refractivity contribution in [1.29, 1.82) is 5.26 Å². The van der Waals surface area contributed by atoms with Crippen LogP contribution in [0.25, 0.3) is 0 Å². The number of methoxy groups -OCH3 is 2. The number of likely N-dealkylation sites (N-methyl/N-ethyl adjacent to an activating group) is 1. The van der Waals surface area contributed by atoms with Crippen molar-refractivity contribution in [3.63, 3.8) is 0 Å². The third kappa shape index (κ3) is 4.67. The first-order valence-electron chi connectivity index (χ1n) is 8.54. The Morgan fingerprint density at radius 1 is 1.31 bits per heavy atom. The maximum absolute atomic E-state index is 12.6. The van der Waals surface area contributed by atoms with Gasteiger partial charge in [-0.2, -0.15) is 5.26 Å². The quantitative estimate of drug-likeness (QED) is 0.620. The molecule has 0 unspecified atom stereocenters. The molecule has 1 aliphatic rings. The van der Waals surface area contributed by atoms with Gasteiger partial charge in [0.25, 0.3) is 5.91 Å². The first-order chi connectivity index (χ1) is 12.5. The summed E-state index contributed by atoms with van der Waals surface area (Å²) >= 11 is 0. The van der Waals surface area contributed by atoms with Gasteiger partial charge in [0.15, 0.2) is 11.5 Å². The minimum Gasteiger partial charge on any atom is -0.493 e. The number of ether oxygens (including phenoxy) is 2. The van der Waals surface area contributed by atoms with E-state index in [1.807, 2.05) is 6.07 Å². The van der Waals surface area contributed by atoms with Crippen LogP contribution >= 0.6 is 0 Å². The maximum Gasteiger partial charge on any atom is 0.266 e. The lowest BCUT2D eigenvalue weighted by atomic mass is 10.0. The van der Waals surface area contributed by atoms with Gasteiger partial charge in [0, 0.05) is 31.0 Å². The average Bonchev–Trinajstić information content (AvgIpc) is 2.68. The molecular weight excluding hydrogens is 332 g/mol. The Labute approximate surface area is 154 Å². The van der Waals surface area contributed by atoms with Crippen molar-refractivity contribution in [3.8, 4) is 17.6 Å². The van der Waals surface area contributed by atoms with E-state index in [4.69, 9.17) is 9.47 Å². The Kier molecular flexibility index (Phi) is 6.87. The number of anilines is 1. The van der Waals surface area contributed by atoms with Gasteiger partial charge < -0.3 is 24.6 Å². The summed E-state index contributed by atoms with van der Waals surface area (Å²) in [6.45, 7) is 1.91. The van der Waals surface area contributed by atoms with E-state index >= 15 is 0 Å². The summed E-state index contributed by atoms with van der Waals surface area (Å²) < 4.78 is 10.5. The molecule has 0 atom stereocenters. The van der Waals surface area contributed by atoms with Crippen molar-refractivity contribution >= 4 is 11.6 Å². The number of amides is 1. The minimum absolute atomic E-state index is 0.0706. The zero-order valence-corrected chi connectivity index (χ0v) is 15.8. The number of nitriles is 1. The number of piperidine rings is 1. The summed E-state index contributed by atoms with van der Waals surface area (Å²) in [5, 5.41) is 12.4. The molecule has 1 N–H and O–H groups in total. The predicted molar refractivity (Wildman–Crippen MR) is 100 cm³/mol. The van der Waals surface area contributed by atoms with Crippen LogP contribution in [-0.2, 0) is 4.79 Å². The number of nitrogens with zero attached hydrogens (tertiary/aromatic N) is 3. The summed E-state index contributed by atoms with van der Waals surface area (Å²) in [6.07, 6.45) is 3.27. The topological polar surface area (TPSA) is 77.8 Å². The lowest BCUT2D eigenvalue weighted by Gasteiger charge is -2.34. The molecule has 1 saturated heterocycles. The van der Waals surface area contributed by atoms with E-state index in [-0.39, 0.29) is 17.5 Å². The molecule has 2 rings (SSSR count). The maximum atomic E-state index is 12.6. The number of likely N-dealkylation sites (tertiary alicyclic amines) is 1. The molecule has 0 radical (unpaired) electrons. The van der Waals surface area contributed by atoms with E-state index in [2.05, 4.69) is 17.3 Å². The van der Waals surface area contributed by atoms with Crippen molar-refractivity contribution in [2.24, 2.45) is 0 Å². The van der Waals surface area contributed by atoms with E-state index in [0.717, 1.165) is 25.9 Å². The zero-order chi connectivity index (χ0) is 19.1. The summed E-state index contributed by atoms with van der Waals surface area (Å²) in [5.74, 6) is 0.912. The molecule has 1 aromatic carbocycles. The molecule has 1 amide bonds. The lowest BCUT2D eigenvalue weighted by Crippen LogP contribution is -2.44. The highest BCUT2D eigenvalue weighted by Gasteiger charge is 2.25. The van der Waals surface area contributed by atoms with Crippen LogP contribution in [0.4, 0.5) is 5.69 Å². The van der Waals surface area contributed by atoms with E-state index < -0.39 is 0 Å². The first kappa shape index (κ1) is 19.6. The fraction of sp³-hybridized carbons (Fsp3) is 0.474. The summed E-state index contributed by atoms with van der Waals surface area (Å²) in [6, 6.07) is 7.45. The Morgan fingerprint density at radius 3 is 2.54 bits per heavy atom. The predicted octanol–water partition coefficient (Wildman–Crippen LogP) is 2.08. The van der Waals surface area contributed by atoms with Crippen LogP contribution in [-0.4, -0.2) is 63.2 Å². The monoisotopic (exact) mass is 358 g/mol. The number of hydrogen-bond donors (Lipinski definition) is 1. The molecule has 7 heteroatoms. The number of nitrogens with one attached hydrogen (secondary N) is 1. The van der Waals surface area contributed by atoms with Crippen molar-refractivity contribution in [2.75, 3.05) is 46.7 Å².